The summed E-state index contributed by atoms with van der Waals surface area (Å²) in [5.74, 6) is 2.45. The van der Waals surface area contributed by atoms with Gasteiger partial charge in [-0.05, 0) is 44.0 Å². The average molecular weight is 429 g/mol. The summed E-state index contributed by atoms with van der Waals surface area (Å²) in [5.41, 5.74) is 2.00. The minimum atomic E-state index is -0.0832. The van der Waals surface area contributed by atoms with Gasteiger partial charge in [0, 0.05) is 38.2 Å². The van der Waals surface area contributed by atoms with E-state index in [9.17, 15) is 4.79 Å². The summed E-state index contributed by atoms with van der Waals surface area (Å²) in [6.07, 6.45) is 2.13. The van der Waals surface area contributed by atoms with Crippen molar-refractivity contribution >= 4 is 5.95 Å². The van der Waals surface area contributed by atoms with Crippen LogP contribution in [0.3, 0.4) is 0 Å². The molecular weight excluding hydrogens is 396 g/mol. The second kappa shape index (κ2) is 10.2. The van der Waals surface area contributed by atoms with Crippen LogP contribution >= 0.6 is 0 Å². The van der Waals surface area contributed by atoms with Gasteiger partial charge in [-0.25, -0.2) is 4.98 Å². The first-order valence-corrected chi connectivity index (χ1v) is 11.1. The number of aromatic amines is 1. The number of piperidine rings is 1. The predicted octanol–water partition coefficient (Wildman–Crippen LogP) is 2.39. The van der Waals surface area contributed by atoms with Crippen molar-refractivity contribution < 1.29 is 14.2 Å². The number of rotatable bonds is 7. The van der Waals surface area contributed by atoms with Crippen molar-refractivity contribution in [3.05, 3.63) is 45.9 Å². The van der Waals surface area contributed by atoms with Gasteiger partial charge in [0.25, 0.3) is 5.56 Å². The molecule has 8 nitrogen and oxygen atoms in total. The Bertz CT molecular complexity index is 926. The predicted molar refractivity (Wildman–Crippen MR) is 119 cm³/mol. The van der Waals surface area contributed by atoms with Crippen molar-refractivity contribution in [1.29, 1.82) is 0 Å². The van der Waals surface area contributed by atoms with E-state index in [0.29, 0.717) is 25.8 Å². The Morgan fingerprint density at radius 1 is 1.19 bits per heavy atom. The van der Waals surface area contributed by atoms with Crippen LogP contribution in [0.15, 0.2) is 29.1 Å². The number of ether oxygens (including phenoxy) is 3. The van der Waals surface area contributed by atoms with E-state index in [-0.39, 0.29) is 11.5 Å². The smallest absolute Gasteiger partial charge is 0.252 e. The van der Waals surface area contributed by atoms with Crippen molar-refractivity contribution in [2.45, 2.75) is 32.2 Å². The Balaban J connectivity index is 1.47. The zero-order valence-corrected chi connectivity index (χ0v) is 18.4. The number of anilines is 1. The van der Waals surface area contributed by atoms with Crippen LogP contribution in [0, 0.1) is 0 Å². The normalized spacial score (nSPS) is 19.9. The highest BCUT2D eigenvalue weighted by Gasteiger charge is 2.24. The molecule has 1 aromatic heterocycles. The number of hydrogen-bond acceptors (Lipinski definition) is 7. The molecule has 3 heterocycles. The molecule has 2 saturated heterocycles. The van der Waals surface area contributed by atoms with E-state index < -0.39 is 0 Å². The summed E-state index contributed by atoms with van der Waals surface area (Å²) >= 11 is 0. The molecule has 4 rings (SSSR count). The fourth-order valence-electron chi connectivity index (χ4n) is 4.38. The van der Waals surface area contributed by atoms with Crippen molar-refractivity contribution in [2.75, 3.05) is 58.0 Å². The summed E-state index contributed by atoms with van der Waals surface area (Å²) in [4.78, 5) is 24.6. The number of morpholine rings is 1. The van der Waals surface area contributed by atoms with E-state index in [4.69, 9.17) is 19.2 Å². The maximum Gasteiger partial charge on any atom is 0.252 e. The summed E-state index contributed by atoms with van der Waals surface area (Å²) in [6, 6.07) is 7.79. The number of nitrogens with one attached hydrogen (secondary N) is 1. The fraction of sp³-hybridized carbons (Fsp3) is 0.565. The van der Waals surface area contributed by atoms with Crippen LogP contribution in [0.4, 0.5) is 5.95 Å². The maximum absolute atomic E-state index is 12.3. The Hall–Kier alpha value is -2.58. The molecule has 0 radical (unpaired) electrons. The molecule has 1 aromatic carbocycles. The third kappa shape index (κ3) is 5.37. The lowest BCUT2D eigenvalue weighted by molar-refractivity contribution is 0.122. The van der Waals surface area contributed by atoms with Crippen LogP contribution in [-0.2, 0) is 11.3 Å². The molecule has 0 unspecified atom stereocenters. The first-order chi connectivity index (χ1) is 15.2. The van der Waals surface area contributed by atoms with Gasteiger partial charge in [-0.15, -0.1) is 0 Å². The minimum Gasteiger partial charge on any atom is -0.493 e. The number of H-pyrrole nitrogens is 1. The molecular formula is C23H32N4O4. The summed E-state index contributed by atoms with van der Waals surface area (Å²) in [7, 11) is 1.66. The molecule has 0 spiro atoms. The second-order valence-corrected chi connectivity index (χ2v) is 8.09. The molecule has 168 valence electrons. The summed E-state index contributed by atoms with van der Waals surface area (Å²) < 4.78 is 16.5. The quantitative estimate of drug-likeness (QED) is 0.725. The van der Waals surface area contributed by atoms with E-state index in [1.54, 1.807) is 13.2 Å². The molecule has 2 aliphatic heterocycles. The highest BCUT2D eigenvalue weighted by atomic mass is 16.5. The number of likely N-dealkylation sites (tertiary alicyclic amines) is 1. The van der Waals surface area contributed by atoms with Gasteiger partial charge < -0.3 is 19.1 Å². The molecule has 0 amide bonds. The summed E-state index contributed by atoms with van der Waals surface area (Å²) in [6.45, 7) is 8.16. The van der Waals surface area contributed by atoms with Crippen LogP contribution in [-0.4, -0.2) is 68.0 Å². The topological polar surface area (TPSA) is 79.9 Å². The Morgan fingerprint density at radius 2 is 2.03 bits per heavy atom. The molecule has 2 aliphatic rings. The maximum atomic E-state index is 12.3. The zero-order valence-electron chi connectivity index (χ0n) is 18.4. The van der Waals surface area contributed by atoms with E-state index >= 15 is 0 Å². The van der Waals surface area contributed by atoms with Gasteiger partial charge in [0.1, 0.15) is 0 Å². The van der Waals surface area contributed by atoms with Gasteiger partial charge in [-0.2, -0.15) is 0 Å². The van der Waals surface area contributed by atoms with Gasteiger partial charge >= 0.3 is 0 Å². The molecule has 31 heavy (non-hydrogen) atoms. The molecule has 0 bridgehead atoms. The van der Waals surface area contributed by atoms with Crippen LogP contribution in [0.1, 0.15) is 36.9 Å². The van der Waals surface area contributed by atoms with E-state index in [1.165, 1.54) is 5.56 Å². The van der Waals surface area contributed by atoms with Gasteiger partial charge in [0.05, 0.1) is 32.6 Å². The molecule has 2 fully saturated rings. The Labute approximate surface area is 183 Å². The van der Waals surface area contributed by atoms with Crippen LogP contribution in [0.2, 0.25) is 0 Å². The highest BCUT2D eigenvalue weighted by molar-refractivity contribution is 5.43. The Morgan fingerprint density at radius 3 is 2.81 bits per heavy atom. The van der Waals surface area contributed by atoms with Gasteiger partial charge in [-0.3, -0.25) is 14.7 Å². The van der Waals surface area contributed by atoms with Crippen LogP contribution in [0.5, 0.6) is 11.5 Å². The number of aromatic nitrogens is 2. The van der Waals surface area contributed by atoms with Crippen molar-refractivity contribution in [3.8, 4) is 11.5 Å². The van der Waals surface area contributed by atoms with E-state index in [0.717, 1.165) is 62.8 Å². The standard InChI is InChI=1S/C23H32N4O4/c1-3-31-21-13-17(6-7-20(21)29-2)15-26-8-4-5-18(16-26)19-14-22(28)25-23(24-19)27-9-11-30-12-10-27/h6-7,13-14,18H,3-5,8-12,15-16H2,1-2H3,(H,24,25,28)/t18-/m1/s1. The largest absolute Gasteiger partial charge is 0.493 e. The minimum absolute atomic E-state index is 0.0832. The lowest BCUT2D eigenvalue weighted by atomic mass is 9.94. The molecule has 0 saturated carbocycles. The monoisotopic (exact) mass is 428 g/mol. The Kier molecular flexibility index (Phi) is 7.09. The van der Waals surface area contributed by atoms with E-state index in [2.05, 4.69) is 26.9 Å². The first-order valence-electron chi connectivity index (χ1n) is 11.1. The third-order valence-electron chi connectivity index (χ3n) is 5.92. The summed E-state index contributed by atoms with van der Waals surface area (Å²) in [5, 5.41) is 0. The number of nitrogens with zero attached hydrogens (tertiary/aromatic N) is 3. The average Bonchev–Trinajstić information content (AvgIpc) is 2.80. The number of hydrogen-bond donors (Lipinski definition) is 1. The highest BCUT2D eigenvalue weighted by Crippen LogP contribution is 2.31. The first kappa shape index (κ1) is 21.6. The van der Waals surface area contributed by atoms with Crippen molar-refractivity contribution in [3.63, 3.8) is 0 Å². The second-order valence-electron chi connectivity index (χ2n) is 8.09. The number of methoxy groups -OCH3 is 1. The third-order valence-corrected chi connectivity index (χ3v) is 5.92. The molecule has 0 aliphatic carbocycles. The van der Waals surface area contributed by atoms with Gasteiger partial charge in [0.2, 0.25) is 5.95 Å². The molecule has 1 atom stereocenters. The van der Waals surface area contributed by atoms with Gasteiger partial charge in [-0.1, -0.05) is 6.07 Å². The fourth-order valence-corrected chi connectivity index (χ4v) is 4.38. The SMILES string of the molecule is CCOc1cc(CN2CCC[C@@H](c3cc(=O)[nH]c(N4CCOCC4)n3)C2)ccc1OC. The van der Waals surface area contributed by atoms with E-state index in [1.807, 2.05) is 13.0 Å². The number of benzene rings is 1. The van der Waals surface area contributed by atoms with Crippen LogP contribution < -0.4 is 19.9 Å². The lowest BCUT2D eigenvalue weighted by Gasteiger charge is -2.33. The van der Waals surface area contributed by atoms with Gasteiger partial charge in [0.15, 0.2) is 11.5 Å². The molecule has 2 aromatic rings. The molecule has 8 heteroatoms. The zero-order chi connectivity index (χ0) is 21.6. The van der Waals surface area contributed by atoms with Crippen molar-refractivity contribution in [2.24, 2.45) is 0 Å². The molecule has 1 N–H and O–H groups in total. The van der Waals surface area contributed by atoms with Crippen molar-refractivity contribution in [1.82, 2.24) is 14.9 Å². The van der Waals surface area contributed by atoms with Crippen LogP contribution in [0.25, 0.3) is 0 Å². The lowest BCUT2D eigenvalue weighted by Crippen LogP contribution is -2.39.